The Morgan fingerprint density at radius 3 is 2.57 bits per heavy atom. The third kappa shape index (κ3) is 7.58. The van der Waals surface area contributed by atoms with Gasteiger partial charge in [-0.15, -0.1) is 0 Å². The lowest BCUT2D eigenvalue weighted by Gasteiger charge is -2.38. The van der Waals surface area contributed by atoms with Crippen LogP contribution >= 0.6 is 0 Å². The van der Waals surface area contributed by atoms with Gasteiger partial charge in [0.2, 0.25) is 5.91 Å². The zero-order chi connectivity index (χ0) is 26.9. The maximum Gasteiger partial charge on any atom is 0.319 e. The first-order valence-corrected chi connectivity index (χ1v) is 13.2. The zero-order valence-electron chi connectivity index (χ0n) is 22.7. The smallest absolute Gasteiger partial charge is 0.319 e. The van der Waals surface area contributed by atoms with Crippen LogP contribution in [0.25, 0.3) is 0 Å². The Bertz CT molecular complexity index is 935. The lowest BCUT2D eigenvalue weighted by atomic mass is 9.95. The largest absolute Gasteiger partial charge is 0.491 e. The highest BCUT2D eigenvalue weighted by Crippen LogP contribution is 2.28. The predicted octanol–water partition coefficient (Wildman–Crippen LogP) is 2.98. The first kappa shape index (κ1) is 28.7. The van der Waals surface area contributed by atoms with Crippen LogP contribution in [-0.4, -0.2) is 93.4 Å². The number of benzene rings is 1. The number of urea groups is 1. The molecule has 1 saturated heterocycles. The van der Waals surface area contributed by atoms with E-state index in [1.807, 2.05) is 25.7 Å². The average Bonchev–Trinajstić information content (AvgIpc) is 2.91. The van der Waals surface area contributed by atoms with Gasteiger partial charge in [0.15, 0.2) is 0 Å². The molecule has 0 aliphatic carbocycles. The summed E-state index contributed by atoms with van der Waals surface area (Å²) in [6.45, 7) is 8.79. The van der Waals surface area contributed by atoms with Crippen molar-refractivity contribution in [1.29, 1.82) is 0 Å². The number of hydrogen-bond acceptors (Lipinski definition) is 6. The molecule has 2 aliphatic rings. The van der Waals surface area contributed by atoms with Crippen LogP contribution in [0.1, 0.15) is 50.4 Å². The van der Waals surface area contributed by atoms with E-state index in [4.69, 9.17) is 14.2 Å². The van der Waals surface area contributed by atoms with E-state index in [0.717, 1.165) is 6.42 Å². The number of amides is 4. The number of nitrogens with one attached hydrogen (secondary N) is 2. The summed E-state index contributed by atoms with van der Waals surface area (Å²) in [7, 11) is 3.37. The molecule has 2 aliphatic heterocycles. The van der Waals surface area contributed by atoms with Crippen LogP contribution in [0, 0.1) is 11.8 Å². The minimum Gasteiger partial charge on any atom is -0.491 e. The highest BCUT2D eigenvalue weighted by molar-refractivity contribution is 5.98. The van der Waals surface area contributed by atoms with Crippen molar-refractivity contribution >= 4 is 23.5 Å². The Hall–Kier alpha value is -2.85. The number of fused-ring (bicyclic) bond motifs is 1. The van der Waals surface area contributed by atoms with Crippen LogP contribution in [-0.2, 0) is 14.3 Å². The van der Waals surface area contributed by atoms with Crippen molar-refractivity contribution in [2.75, 3.05) is 58.9 Å². The molecular weight excluding hydrogens is 476 g/mol. The quantitative estimate of drug-likeness (QED) is 0.620. The van der Waals surface area contributed by atoms with Gasteiger partial charge in [-0.3, -0.25) is 9.59 Å². The van der Waals surface area contributed by atoms with Gasteiger partial charge in [-0.1, -0.05) is 13.8 Å². The summed E-state index contributed by atoms with van der Waals surface area (Å²) in [5.74, 6) is 0.184. The Morgan fingerprint density at radius 2 is 1.89 bits per heavy atom. The van der Waals surface area contributed by atoms with Gasteiger partial charge in [-0.25, -0.2) is 4.79 Å². The molecular formula is C27H42N4O6. The summed E-state index contributed by atoms with van der Waals surface area (Å²) >= 11 is 0. The van der Waals surface area contributed by atoms with Crippen LogP contribution in [0.3, 0.4) is 0 Å². The molecule has 0 aromatic heterocycles. The number of anilines is 1. The third-order valence-electron chi connectivity index (χ3n) is 7.09. The fraction of sp³-hybridized carbons (Fsp3) is 0.667. The van der Waals surface area contributed by atoms with Gasteiger partial charge in [-0.2, -0.15) is 0 Å². The Morgan fingerprint density at radius 1 is 1.16 bits per heavy atom. The normalized spacial score (nSPS) is 23.8. The number of carbonyl (C=O) groups is 3. The molecule has 3 rings (SSSR count). The zero-order valence-corrected chi connectivity index (χ0v) is 22.7. The number of ether oxygens (including phenoxy) is 3. The second-order valence-electron chi connectivity index (χ2n) is 10.1. The maximum absolute atomic E-state index is 13.6. The molecule has 4 amide bonds. The second-order valence-corrected chi connectivity index (χ2v) is 10.1. The van der Waals surface area contributed by atoms with Crippen molar-refractivity contribution in [2.24, 2.45) is 11.8 Å². The van der Waals surface area contributed by atoms with E-state index in [0.29, 0.717) is 62.7 Å². The van der Waals surface area contributed by atoms with E-state index in [9.17, 15) is 14.4 Å². The van der Waals surface area contributed by atoms with Crippen molar-refractivity contribution in [3.8, 4) is 5.75 Å². The number of methoxy groups -OCH3 is 1. The lowest BCUT2D eigenvalue weighted by Crippen LogP contribution is -2.50. The number of likely N-dealkylation sites (N-methyl/N-ethyl adjacent to an activating group) is 1. The van der Waals surface area contributed by atoms with Gasteiger partial charge >= 0.3 is 6.03 Å². The van der Waals surface area contributed by atoms with Crippen molar-refractivity contribution in [2.45, 2.75) is 52.2 Å². The summed E-state index contributed by atoms with van der Waals surface area (Å²) in [5, 5.41) is 5.56. The predicted molar refractivity (Wildman–Crippen MR) is 141 cm³/mol. The molecule has 2 N–H and O–H groups in total. The van der Waals surface area contributed by atoms with Gasteiger partial charge in [0, 0.05) is 70.6 Å². The summed E-state index contributed by atoms with van der Waals surface area (Å²) in [6.07, 6.45) is 1.99. The number of carbonyl (C=O) groups excluding carboxylic acids is 3. The van der Waals surface area contributed by atoms with Crippen LogP contribution in [0.4, 0.5) is 10.5 Å². The minimum absolute atomic E-state index is 0.00130. The molecule has 0 bridgehead atoms. The van der Waals surface area contributed by atoms with E-state index < -0.39 is 0 Å². The molecule has 1 fully saturated rings. The molecule has 1 aromatic rings. The summed E-state index contributed by atoms with van der Waals surface area (Å²) in [6, 6.07) is 4.45. The van der Waals surface area contributed by atoms with E-state index >= 15 is 0 Å². The molecule has 2 heterocycles. The number of hydrogen-bond donors (Lipinski definition) is 2. The van der Waals surface area contributed by atoms with Gasteiger partial charge in [-0.05, 0) is 38.3 Å². The van der Waals surface area contributed by atoms with Crippen molar-refractivity contribution < 1.29 is 28.6 Å². The van der Waals surface area contributed by atoms with Gasteiger partial charge in [0.05, 0.1) is 17.7 Å². The number of rotatable bonds is 5. The second kappa shape index (κ2) is 13.6. The van der Waals surface area contributed by atoms with Crippen LogP contribution < -0.4 is 15.4 Å². The summed E-state index contributed by atoms with van der Waals surface area (Å²) in [4.78, 5) is 42.7. The fourth-order valence-corrected chi connectivity index (χ4v) is 4.75. The average molecular weight is 519 g/mol. The van der Waals surface area contributed by atoms with Gasteiger partial charge in [0.25, 0.3) is 5.91 Å². The van der Waals surface area contributed by atoms with E-state index in [1.165, 1.54) is 0 Å². The molecule has 37 heavy (non-hydrogen) atoms. The molecule has 0 radical (unpaired) electrons. The first-order chi connectivity index (χ1) is 17.7. The van der Waals surface area contributed by atoms with E-state index in [2.05, 4.69) is 10.6 Å². The molecule has 0 saturated carbocycles. The first-order valence-electron chi connectivity index (χ1n) is 13.2. The molecule has 0 spiro atoms. The molecule has 1 aromatic carbocycles. The van der Waals surface area contributed by atoms with Crippen molar-refractivity contribution in [1.82, 2.24) is 15.1 Å². The van der Waals surface area contributed by atoms with Crippen LogP contribution in [0.5, 0.6) is 5.75 Å². The van der Waals surface area contributed by atoms with Crippen LogP contribution in [0.2, 0.25) is 0 Å². The van der Waals surface area contributed by atoms with Crippen LogP contribution in [0.15, 0.2) is 18.2 Å². The molecule has 3 atom stereocenters. The lowest BCUT2D eigenvalue weighted by molar-refractivity contribution is -0.142. The standard InChI is InChI=1S/C27H42N4O6/c1-6-11-28-27(34)29-21-7-8-22-23(14-21)37-17-19(3)31(25(32)20-9-12-36-13-10-20)15-18(2)24(35-5)16-30(4)26(22)33/h7-8,14,18-20,24H,6,9-13,15-17H2,1-5H3,(H2,28,29,34)/t18-,19+,24-/m1/s1. The molecule has 0 unspecified atom stereocenters. The topological polar surface area (TPSA) is 109 Å². The van der Waals surface area contributed by atoms with Gasteiger partial charge < -0.3 is 34.6 Å². The number of nitrogens with zero attached hydrogens (tertiary/aromatic N) is 2. The summed E-state index contributed by atoms with van der Waals surface area (Å²) < 4.78 is 17.4. The minimum atomic E-state index is -0.322. The third-order valence-corrected chi connectivity index (χ3v) is 7.09. The Balaban J connectivity index is 1.90. The van der Waals surface area contributed by atoms with E-state index in [1.54, 1.807) is 37.3 Å². The SMILES string of the molecule is CCCNC(=O)Nc1ccc2c(c1)OC[C@H](C)N(C(=O)C1CCOCC1)C[C@@H](C)[C@H](OC)CN(C)C2=O. The highest BCUT2D eigenvalue weighted by atomic mass is 16.5. The highest BCUT2D eigenvalue weighted by Gasteiger charge is 2.33. The Kier molecular flexibility index (Phi) is 10.6. The van der Waals surface area contributed by atoms with Crippen molar-refractivity contribution in [3.05, 3.63) is 23.8 Å². The summed E-state index contributed by atoms with van der Waals surface area (Å²) in [5.41, 5.74) is 0.903. The fourth-order valence-electron chi connectivity index (χ4n) is 4.75. The van der Waals surface area contributed by atoms with Gasteiger partial charge in [0.1, 0.15) is 12.4 Å². The van der Waals surface area contributed by atoms with E-state index in [-0.39, 0.29) is 48.4 Å². The molecule has 206 valence electrons. The monoisotopic (exact) mass is 518 g/mol. The molecule has 10 heteroatoms. The Labute approximate surface area is 220 Å². The molecule has 10 nitrogen and oxygen atoms in total. The maximum atomic E-state index is 13.6. The van der Waals surface area contributed by atoms with Crippen molar-refractivity contribution in [3.63, 3.8) is 0 Å².